The predicted molar refractivity (Wildman–Crippen MR) is 165 cm³/mol. The zero-order valence-electron chi connectivity index (χ0n) is 25.5. The van der Waals surface area contributed by atoms with Gasteiger partial charge in [0.1, 0.15) is 0 Å². The molecule has 0 heterocycles. The van der Waals surface area contributed by atoms with Gasteiger partial charge >= 0.3 is 0 Å². The van der Waals surface area contributed by atoms with Gasteiger partial charge in [-0.05, 0) is 25.8 Å². The number of aliphatic hydroxyl groups excluding tert-OH is 2. The lowest BCUT2D eigenvalue weighted by Gasteiger charge is -2.19. The first-order valence-corrected chi connectivity index (χ1v) is 16.9. The lowest BCUT2D eigenvalue weighted by atomic mass is 10.0. The van der Waals surface area contributed by atoms with Crippen LogP contribution in [0, 0.1) is 0 Å². The molecule has 222 valence electrons. The summed E-state index contributed by atoms with van der Waals surface area (Å²) in [5, 5.41) is 23.4. The summed E-state index contributed by atoms with van der Waals surface area (Å²) in [6.07, 6.45) is 38.6. The molecule has 0 saturated carbocycles. The molecule has 3 nitrogen and oxygen atoms in total. The van der Waals surface area contributed by atoms with Crippen LogP contribution in [0.2, 0.25) is 0 Å². The van der Waals surface area contributed by atoms with E-state index in [4.69, 9.17) is 0 Å². The molecule has 0 radical (unpaired) electrons. The molecular weight excluding hydrogens is 454 g/mol. The first-order chi connectivity index (χ1) is 18.3. The Morgan fingerprint density at radius 3 is 1.24 bits per heavy atom. The third kappa shape index (κ3) is 28.4. The smallest absolute Gasteiger partial charge is 0.0896 e. The zero-order chi connectivity index (χ0) is 27.1. The van der Waals surface area contributed by atoms with Crippen LogP contribution in [0.1, 0.15) is 181 Å². The highest BCUT2D eigenvalue weighted by molar-refractivity contribution is 4.94. The van der Waals surface area contributed by atoms with Crippen molar-refractivity contribution in [2.24, 2.45) is 0 Å². The molecule has 0 aromatic rings. The van der Waals surface area contributed by atoms with E-state index in [0.717, 1.165) is 19.4 Å². The fraction of sp³-hybridized carbons (Fsp3) is 0.941. The van der Waals surface area contributed by atoms with Crippen LogP contribution in [0.5, 0.6) is 0 Å². The maximum absolute atomic E-state index is 10.4. The summed E-state index contributed by atoms with van der Waals surface area (Å²) < 4.78 is 0. The Morgan fingerprint density at radius 2 is 0.865 bits per heavy atom. The van der Waals surface area contributed by atoms with Crippen molar-refractivity contribution in [2.75, 3.05) is 13.2 Å². The Hall–Kier alpha value is -0.380. The standard InChI is InChI=1S/C34H69NO2/c1-3-5-7-9-11-13-15-17-19-21-23-25-27-29-31-35-33(32-36)34(37)30-28-26-24-22-20-18-16-14-12-10-8-6-4-2/h28,30,33-37H,3-27,29,31-32H2,1-2H3/t33-,34-/m0/s1. The van der Waals surface area contributed by atoms with E-state index in [-0.39, 0.29) is 12.6 Å². The number of hydrogen-bond donors (Lipinski definition) is 3. The number of allylic oxidation sites excluding steroid dienone is 1. The van der Waals surface area contributed by atoms with Gasteiger partial charge in [0.15, 0.2) is 0 Å². The van der Waals surface area contributed by atoms with Crippen molar-refractivity contribution in [2.45, 2.75) is 193 Å². The highest BCUT2D eigenvalue weighted by Crippen LogP contribution is 2.14. The molecule has 0 aromatic carbocycles. The summed E-state index contributed by atoms with van der Waals surface area (Å²) in [5.41, 5.74) is 0. The molecule has 0 saturated heterocycles. The molecule has 3 N–H and O–H groups in total. The molecular formula is C34H69NO2. The molecule has 3 heteroatoms. The van der Waals surface area contributed by atoms with Gasteiger partial charge in [-0.3, -0.25) is 0 Å². The van der Waals surface area contributed by atoms with Gasteiger partial charge in [-0.1, -0.05) is 174 Å². The van der Waals surface area contributed by atoms with E-state index in [1.54, 1.807) is 0 Å². The van der Waals surface area contributed by atoms with Gasteiger partial charge in [0.05, 0.1) is 18.8 Å². The Kier molecular flexibility index (Phi) is 31.5. The fourth-order valence-corrected chi connectivity index (χ4v) is 5.20. The van der Waals surface area contributed by atoms with Crippen molar-refractivity contribution < 1.29 is 10.2 Å². The van der Waals surface area contributed by atoms with Crippen molar-refractivity contribution in [3.8, 4) is 0 Å². The molecule has 37 heavy (non-hydrogen) atoms. The SMILES string of the molecule is CCCCCCCCCCCCCC=C[C@H](O)[C@H](CO)NCCCCCCCCCCCCCCCC. The van der Waals surface area contributed by atoms with Gasteiger partial charge in [-0.25, -0.2) is 0 Å². The van der Waals surface area contributed by atoms with E-state index in [1.165, 1.54) is 154 Å². The van der Waals surface area contributed by atoms with Gasteiger partial charge in [0.25, 0.3) is 0 Å². The summed E-state index contributed by atoms with van der Waals surface area (Å²) in [7, 11) is 0. The van der Waals surface area contributed by atoms with Gasteiger partial charge in [-0.2, -0.15) is 0 Å². The third-order valence-corrected chi connectivity index (χ3v) is 7.85. The van der Waals surface area contributed by atoms with Gasteiger partial charge in [-0.15, -0.1) is 0 Å². The molecule has 0 fully saturated rings. The van der Waals surface area contributed by atoms with Gasteiger partial charge in [0, 0.05) is 0 Å². The second-order valence-corrected chi connectivity index (χ2v) is 11.6. The lowest BCUT2D eigenvalue weighted by Crippen LogP contribution is -2.42. The van der Waals surface area contributed by atoms with Crippen LogP contribution in [0.3, 0.4) is 0 Å². The maximum Gasteiger partial charge on any atom is 0.0896 e. The number of aliphatic hydroxyl groups is 2. The predicted octanol–water partition coefficient (Wildman–Crippen LogP) is 10.0. The molecule has 0 aliphatic rings. The van der Waals surface area contributed by atoms with Crippen LogP contribution in [0.4, 0.5) is 0 Å². The molecule has 0 aliphatic carbocycles. The molecule has 0 aromatic heterocycles. The second kappa shape index (κ2) is 31.8. The lowest BCUT2D eigenvalue weighted by molar-refractivity contribution is 0.123. The Morgan fingerprint density at radius 1 is 0.514 bits per heavy atom. The molecule has 0 unspecified atom stereocenters. The minimum absolute atomic E-state index is 0.0114. The summed E-state index contributed by atoms with van der Waals surface area (Å²) >= 11 is 0. The van der Waals surface area contributed by atoms with Crippen LogP contribution >= 0.6 is 0 Å². The molecule has 0 amide bonds. The number of rotatable bonds is 31. The van der Waals surface area contributed by atoms with E-state index in [2.05, 4.69) is 25.2 Å². The topological polar surface area (TPSA) is 52.5 Å². The average Bonchev–Trinajstić information content (AvgIpc) is 2.91. The highest BCUT2D eigenvalue weighted by atomic mass is 16.3. The third-order valence-electron chi connectivity index (χ3n) is 7.85. The molecule has 0 spiro atoms. The quantitative estimate of drug-likeness (QED) is 0.0625. The van der Waals surface area contributed by atoms with Crippen molar-refractivity contribution in [1.29, 1.82) is 0 Å². The second-order valence-electron chi connectivity index (χ2n) is 11.6. The van der Waals surface area contributed by atoms with E-state index in [0.29, 0.717) is 0 Å². The monoisotopic (exact) mass is 524 g/mol. The van der Waals surface area contributed by atoms with Gasteiger partial charge in [0.2, 0.25) is 0 Å². The van der Waals surface area contributed by atoms with Crippen molar-refractivity contribution in [1.82, 2.24) is 5.32 Å². The normalized spacial score (nSPS) is 13.5. The number of nitrogens with one attached hydrogen (secondary N) is 1. The molecule has 0 bridgehead atoms. The molecule has 0 rings (SSSR count). The Bertz CT molecular complexity index is 440. The van der Waals surface area contributed by atoms with Crippen LogP contribution in [-0.4, -0.2) is 35.5 Å². The van der Waals surface area contributed by atoms with Crippen LogP contribution in [0.25, 0.3) is 0 Å². The fourth-order valence-electron chi connectivity index (χ4n) is 5.20. The van der Waals surface area contributed by atoms with E-state index in [9.17, 15) is 10.2 Å². The van der Waals surface area contributed by atoms with Crippen LogP contribution in [-0.2, 0) is 0 Å². The van der Waals surface area contributed by atoms with E-state index in [1.807, 2.05) is 6.08 Å². The minimum Gasteiger partial charge on any atom is -0.395 e. The highest BCUT2D eigenvalue weighted by Gasteiger charge is 2.14. The zero-order valence-corrected chi connectivity index (χ0v) is 25.5. The summed E-state index contributed by atoms with van der Waals surface area (Å²) in [5.74, 6) is 0. The minimum atomic E-state index is -0.593. The largest absolute Gasteiger partial charge is 0.395 e. The summed E-state index contributed by atoms with van der Waals surface area (Å²) in [6, 6.07) is -0.240. The van der Waals surface area contributed by atoms with E-state index >= 15 is 0 Å². The molecule has 0 aliphatic heterocycles. The maximum atomic E-state index is 10.4. The van der Waals surface area contributed by atoms with E-state index < -0.39 is 6.10 Å². The van der Waals surface area contributed by atoms with Crippen molar-refractivity contribution in [3.05, 3.63) is 12.2 Å². The van der Waals surface area contributed by atoms with Crippen molar-refractivity contribution >= 4 is 0 Å². The Labute approximate surface area is 233 Å². The first-order valence-electron chi connectivity index (χ1n) is 16.9. The van der Waals surface area contributed by atoms with Crippen LogP contribution < -0.4 is 5.32 Å². The average molecular weight is 524 g/mol. The summed E-state index contributed by atoms with van der Waals surface area (Å²) in [6.45, 7) is 5.43. The van der Waals surface area contributed by atoms with Crippen LogP contribution in [0.15, 0.2) is 12.2 Å². The summed E-state index contributed by atoms with van der Waals surface area (Å²) in [4.78, 5) is 0. The van der Waals surface area contributed by atoms with Gasteiger partial charge < -0.3 is 15.5 Å². The Balaban J connectivity index is 3.48. The number of hydrogen-bond acceptors (Lipinski definition) is 3. The number of unbranched alkanes of at least 4 members (excludes halogenated alkanes) is 24. The van der Waals surface area contributed by atoms with Crippen molar-refractivity contribution in [3.63, 3.8) is 0 Å². The first kappa shape index (κ1) is 36.6. The molecule has 2 atom stereocenters.